The summed E-state index contributed by atoms with van der Waals surface area (Å²) in [4.78, 5) is 37.2. The fourth-order valence-corrected chi connectivity index (χ4v) is 4.10. The highest BCUT2D eigenvalue weighted by Crippen LogP contribution is 2.36. The quantitative estimate of drug-likeness (QED) is 0.789. The van der Waals surface area contributed by atoms with Crippen LogP contribution in [-0.4, -0.2) is 69.9 Å². The fraction of sp³-hybridized carbons (Fsp3) is 0.545. The van der Waals surface area contributed by atoms with E-state index in [1.54, 1.807) is 4.90 Å². The van der Waals surface area contributed by atoms with Crippen molar-refractivity contribution in [1.29, 1.82) is 0 Å². The molecule has 3 rings (SSSR count). The van der Waals surface area contributed by atoms with Gasteiger partial charge in [-0.1, -0.05) is 0 Å². The zero-order valence-electron chi connectivity index (χ0n) is 19.1. The highest BCUT2D eigenvalue weighted by Gasteiger charge is 2.37. The number of amides is 1. The van der Waals surface area contributed by atoms with Gasteiger partial charge in [-0.2, -0.15) is 0 Å². The summed E-state index contributed by atoms with van der Waals surface area (Å²) in [5.74, 6) is -0.714. The molecule has 0 bridgehead atoms. The van der Waals surface area contributed by atoms with Crippen LogP contribution in [0.1, 0.15) is 50.7 Å². The molecule has 168 valence electrons. The number of aromatic nitrogens is 2. The van der Waals surface area contributed by atoms with Crippen LogP contribution in [0.15, 0.2) is 12.3 Å². The molecule has 2 aromatic rings. The third-order valence-electron chi connectivity index (χ3n) is 5.19. The minimum atomic E-state index is -1.06. The smallest absolute Gasteiger partial charge is 0.410 e. The zero-order valence-corrected chi connectivity index (χ0v) is 19.1. The predicted molar refractivity (Wildman–Crippen MR) is 117 cm³/mol. The molecule has 0 saturated carbocycles. The number of rotatable bonds is 3. The number of piperazine rings is 1. The number of carbonyl (C=O) groups excluding carboxylic acids is 1. The molecule has 1 saturated heterocycles. The SMILES string of the molecule is COc1nc(C)cc2c(N3C[C@@H](C)N(C(=O)OC(C)(C)C)[C@@H](C)C3)c(C(=O)O)cnc12. The van der Waals surface area contributed by atoms with Gasteiger partial charge in [0, 0.05) is 30.4 Å². The van der Waals surface area contributed by atoms with Crippen LogP contribution in [0.5, 0.6) is 5.88 Å². The van der Waals surface area contributed by atoms with Gasteiger partial charge in [0.2, 0.25) is 5.88 Å². The Morgan fingerprint density at radius 1 is 1.19 bits per heavy atom. The van der Waals surface area contributed by atoms with Crippen LogP contribution in [0.25, 0.3) is 10.9 Å². The lowest BCUT2D eigenvalue weighted by molar-refractivity contribution is 0.00561. The molecule has 2 aromatic heterocycles. The van der Waals surface area contributed by atoms with Gasteiger partial charge in [0.15, 0.2) is 0 Å². The molecule has 1 N–H and O–H groups in total. The molecule has 2 atom stereocenters. The molecule has 31 heavy (non-hydrogen) atoms. The van der Waals surface area contributed by atoms with E-state index in [9.17, 15) is 14.7 Å². The molecule has 0 aromatic carbocycles. The van der Waals surface area contributed by atoms with Gasteiger partial charge in [-0.25, -0.2) is 19.6 Å². The van der Waals surface area contributed by atoms with Crippen molar-refractivity contribution in [3.8, 4) is 5.88 Å². The Bertz CT molecular complexity index is 1010. The number of carboxylic acids is 1. The lowest BCUT2D eigenvalue weighted by atomic mass is 10.0. The van der Waals surface area contributed by atoms with Crippen molar-refractivity contribution in [2.24, 2.45) is 0 Å². The maximum atomic E-state index is 12.7. The summed E-state index contributed by atoms with van der Waals surface area (Å²) in [6.45, 7) is 12.1. The lowest BCUT2D eigenvalue weighted by Crippen LogP contribution is -2.59. The standard InChI is InChI=1S/C22H30N4O5/c1-12-8-15-17(19(24-12)30-7)23-9-16(20(27)28)18(15)25-10-13(2)26(14(3)11-25)21(29)31-22(4,5)6/h8-9,13-14H,10-11H2,1-7H3,(H,27,28)/t13-,14+. The van der Waals surface area contributed by atoms with Gasteiger partial charge in [0.05, 0.1) is 24.9 Å². The maximum absolute atomic E-state index is 12.7. The van der Waals surface area contributed by atoms with Crippen molar-refractivity contribution in [3.63, 3.8) is 0 Å². The van der Waals surface area contributed by atoms with Gasteiger partial charge in [0.25, 0.3) is 0 Å². The summed E-state index contributed by atoms with van der Waals surface area (Å²) in [6, 6.07) is 1.45. The molecule has 1 amide bonds. The van der Waals surface area contributed by atoms with Crippen LogP contribution in [0.3, 0.4) is 0 Å². The van der Waals surface area contributed by atoms with E-state index in [-0.39, 0.29) is 23.7 Å². The number of hydrogen-bond donors (Lipinski definition) is 1. The number of pyridine rings is 2. The number of nitrogens with zero attached hydrogens (tertiary/aromatic N) is 4. The van der Waals surface area contributed by atoms with Crippen LogP contribution >= 0.6 is 0 Å². The summed E-state index contributed by atoms with van der Waals surface area (Å²) < 4.78 is 11.0. The number of fused-ring (bicyclic) bond motifs is 1. The number of ether oxygens (including phenoxy) is 2. The molecule has 0 radical (unpaired) electrons. The monoisotopic (exact) mass is 430 g/mol. The van der Waals surface area contributed by atoms with Crippen molar-refractivity contribution in [2.45, 2.75) is 59.2 Å². The van der Waals surface area contributed by atoms with Gasteiger partial charge in [-0.15, -0.1) is 0 Å². The fourth-order valence-electron chi connectivity index (χ4n) is 4.10. The normalized spacial score (nSPS) is 19.5. The molecular weight excluding hydrogens is 400 g/mol. The van der Waals surface area contributed by atoms with Gasteiger partial charge in [0.1, 0.15) is 16.7 Å². The molecular formula is C22H30N4O5. The summed E-state index contributed by atoms with van der Waals surface area (Å²) >= 11 is 0. The highest BCUT2D eigenvalue weighted by molar-refractivity contribution is 6.05. The number of carboxylic acid groups (broad SMARTS) is 1. The molecule has 9 nitrogen and oxygen atoms in total. The Morgan fingerprint density at radius 3 is 2.32 bits per heavy atom. The van der Waals surface area contributed by atoms with E-state index in [2.05, 4.69) is 9.97 Å². The van der Waals surface area contributed by atoms with Crippen LogP contribution in [-0.2, 0) is 4.74 Å². The molecule has 9 heteroatoms. The van der Waals surface area contributed by atoms with E-state index in [0.29, 0.717) is 41.3 Å². The van der Waals surface area contributed by atoms with Gasteiger partial charge in [-0.3, -0.25) is 4.90 Å². The Kier molecular flexibility index (Phi) is 5.98. The zero-order chi connectivity index (χ0) is 23.1. The van der Waals surface area contributed by atoms with Crippen molar-refractivity contribution < 1.29 is 24.2 Å². The molecule has 0 unspecified atom stereocenters. The number of aromatic carboxylic acids is 1. The highest BCUT2D eigenvalue weighted by atomic mass is 16.6. The third kappa shape index (κ3) is 4.50. The molecule has 3 heterocycles. The van der Waals surface area contributed by atoms with E-state index >= 15 is 0 Å². The maximum Gasteiger partial charge on any atom is 0.410 e. The largest absolute Gasteiger partial charge is 0.479 e. The summed E-state index contributed by atoms with van der Waals surface area (Å²) in [5, 5.41) is 10.5. The van der Waals surface area contributed by atoms with Crippen molar-refractivity contribution in [1.82, 2.24) is 14.9 Å². The van der Waals surface area contributed by atoms with Crippen molar-refractivity contribution >= 4 is 28.7 Å². The number of methoxy groups -OCH3 is 1. The first kappa shape index (κ1) is 22.6. The minimum absolute atomic E-state index is 0.102. The van der Waals surface area contributed by atoms with Crippen LogP contribution < -0.4 is 9.64 Å². The second-order valence-electron chi connectivity index (χ2n) is 8.99. The predicted octanol–water partition coefficient (Wildman–Crippen LogP) is 3.48. The molecule has 0 spiro atoms. The van der Waals surface area contributed by atoms with E-state index in [1.807, 2.05) is 52.5 Å². The first-order valence-electron chi connectivity index (χ1n) is 10.3. The lowest BCUT2D eigenvalue weighted by Gasteiger charge is -2.45. The Morgan fingerprint density at radius 2 is 1.81 bits per heavy atom. The molecule has 1 aliphatic rings. The first-order chi connectivity index (χ1) is 14.4. The second-order valence-corrected chi connectivity index (χ2v) is 8.99. The summed E-state index contributed by atoms with van der Waals surface area (Å²) in [5.41, 5.74) is 1.27. The first-order valence-corrected chi connectivity index (χ1v) is 10.3. The molecule has 1 fully saturated rings. The molecule has 0 aliphatic carbocycles. The van der Waals surface area contributed by atoms with Gasteiger partial charge < -0.3 is 19.5 Å². The van der Waals surface area contributed by atoms with E-state index < -0.39 is 11.6 Å². The topological polar surface area (TPSA) is 105 Å². The average molecular weight is 431 g/mol. The summed E-state index contributed by atoms with van der Waals surface area (Å²) in [6.07, 6.45) is 0.974. The Hall–Kier alpha value is -3.10. The van der Waals surface area contributed by atoms with Crippen LogP contribution in [0.2, 0.25) is 0 Å². The van der Waals surface area contributed by atoms with Crippen molar-refractivity contribution in [2.75, 3.05) is 25.1 Å². The van der Waals surface area contributed by atoms with E-state index in [4.69, 9.17) is 9.47 Å². The summed E-state index contributed by atoms with van der Waals surface area (Å²) in [7, 11) is 1.51. The minimum Gasteiger partial charge on any atom is -0.479 e. The van der Waals surface area contributed by atoms with E-state index in [1.165, 1.54) is 13.3 Å². The van der Waals surface area contributed by atoms with Gasteiger partial charge >= 0.3 is 12.1 Å². The van der Waals surface area contributed by atoms with Crippen LogP contribution in [0.4, 0.5) is 10.5 Å². The molecule has 1 aliphatic heterocycles. The third-order valence-corrected chi connectivity index (χ3v) is 5.19. The average Bonchev–Trinajstić information content (AvgIpc) is 2.63. The number of carbonyl (C=O) groups is 2. The number of aryl methyl sites for hydroxylation is 1. The van der Waals surface area contributed by atoms with E-state index in [0.717, 1.165) is 0 Å². The van der Waals surface area contributed by atoms with Crippen LogP contribution in [0, 0.1) is 6.92 Å². The van der Waals surface area contributed by atoms with Crippen molar-refractivity contribution in [3.05, 3.63) is 23.5 Å². The Labute approximate surface area is 182 Å². The van der Waals surface area contributed by atoms with Gasteiger partial charge in [-0.05, 0) is 47.6 Å². The Balaban J connectivity index is 2.06. The number of anilines is 1. The number of hydrogen-bond acceptors (Lipinski definition) is 7. The second kappa shape index (κ2) is 8.20.